The lowest BCUT2D eigenvalue weighted by atomic mass is 9.90. The Labute approximate surface area is 152 Å². The Morgan fingerprint density at radius 2 is 1.54 bits per heavy atom. The zero-order chi connectivity index (χ0) is 19.9. The van der Waals surface area contributed by atoms with Crippen LogP contribution in [0.15, 0.2) is 12.7 Å². The van der Waals surface area contributed by atoms with Crippen LogP contribution in [-0.2, 0) is 38.1 Å². The Hall–Kier alpha value is -2.42. The van der Waals surface area contributed by atoms with E-state index in [1.54, 1.807) is 6.08 Å². The summed E-state index contributed by atoms with van der Waals surface area (Å²) in [5.41, 5.74) is 0. The fourth-order valence-electron chi connectivity index (χ4n) is 2.79. The minimum atomic E-state index is -1.06. The van der Waals surface area contributed by atoms with E-state index < -0.39 is 48.4 Å². The Kier molecular flexibility index (Phi) is 8.24. The first-order valence-electron chi connectivity index (χ1n) is 8.17. The van der Waals surface area contributed by atoms with Crippen LogP contribution in [0.3, 0.4) is 0 Å². The molecule has 26 heavy (non-hydrogen) atoms. The molecule has 0 radical (unpaired) electrons. The minimum absolute atomic E-state index is 0.203. The van der Waals surface area contributed by atoms with Gasteiger partial charge in [-0.2, -0.15) is 0 Å². The smallest absolute Gasteiger partial charge is 0.303 e. The molecule has 0 saturated carbocycles. The molecule has 2 unspecified atom stereocenters. The third-order valence-corrected chi connectivity index (χ3v) is 3.62. The van der Waals surface area contributed by atoms with Crippen molar-refractivity contribution in [1.29, 1.82) is 0 Å². The van der Waals surface area contributed by atoms with Gasteiger partial charge in [0.15, 0.2) is 12.2 Å². The highest BCUT2D eigenvalue weighted by molar-refractivity contribution is 5.73. The Bertz CT molecular complexity index is 561. The van der Waals surface area contributed by atoms with E-state index in [2.05, 4.69) is 11.9 Å². The summed E-state index contributed by atoms with van der Waals surface area (Å²) >= 11 is 0. The molecule has 9 nitrogen and oxygen atoms in total. The van der Waals surface area contributed by atoms with Gasteiger partial charge in [0.25, 0.3) is 0 Å². The number of hydrogen-bond acceptors (Lipinski definition) is 8. The van der Waals surface area contributed by atoms with Crippen LogP contribution >= 0.6 is 0 Å². The molecule has 1 fully saturated rings. The predicted molar refractivity (Wildman–Crippen MR) is 88.8 cm³/mol. The molecular formula is C17H25NO8. The maximum atomic E-state index is 11.6. The summed E-state index contributed by atoms with van der Waals surface area (Å²) in [6.45, 7) is 8.38. The first-order chi connectivity index (χ1) is 12.1. The van der Waals surface area contributed by atoms with Crippen molar-refractivity contribution in [1.82, 2.24) is 5.32 Å². The fraction of sp³-hybridized carbons (Fsp3) is 0.647. The van der Waals surface area contributed by atoms with E-state index in [1.807, 2.05) is 0 Å². The van der Waals surface area contributed by atoms with Crippen molar-refractivity contribution in [2.24, 2.45) is 0 Å². The maximum absolute atomic E-state index is 11.6. The minimum Gasteiger partial charge on any atom is -0.463 e. The second-order valence-electron chi connectivity index (χ2n) is 5.91. The molecule has 1 aliphatic heterocycles. The number of hydrogen-bond donors (Lipinski definition) is 1. The molecule has 0 aromatic carbocycles. The number of esters is 3. The molecule has 1 amide bonds. The Balaban J connectivity index is 3.24. The van der Waals surface area contributed by atoms with Crippen molar-refractivity contribution >= 4 is 23.8 Å². The first-order valence-corrected chi connectivity index (χ1v) is 8.17. The number of nitrogens with one attached hydrogen (secondary N) is 1. The summed E-state index contributed by atoms with van der Waals surface area (Å²) < 4.78 is 21.5. The Morgan fingerprint density at radius 3 is 2.00 bits per heavy atom. The third-order valence-electron chi connectivity index (χ3n) is 3.62. The highest BCUT2D eigenvalue weighted by Crippen LogP contribution is 2.28. The topological polar surface area (TPSA) is 117 Å². The monoisotopic (exact) mass is 371 g/mol. The zero-order valence-corrected chi connectivity index (χ0v) is 15.4. The molecule has 0 aromatic rings. The summed E-state index contributed by atoms with van der Waals surface area (Å²) in [5.74, 6) is -2.16. The quantitative estimate of drug-likeness (QED) is 0.385. The number of carbonyl (C=O) groups is 4. The van der Waals surface area contributed by atoms with Gasteiger partial charge in [0.05, 0.1) is 12.1 Å². The van der Waals surface area contributed by atoms with Crippen LogP contribution in [0.5, 0.6) is 0 Å². The predicted octanol–water partition coefficient (Wildman–Crippen LogP) is 0.261. The van der Waals surface area contributed by atoms with Crippen LogP contribution in [-0.4, -0.2) is 60.9 Å². The summed E-state index contributed by atoms with van der Waals surface area (Å²) in [6, 6.07) is -0.771. The van der Waals surface area contributed by atoms with Gasteiger partial charge in [-0.05, 0) is 6.42 Å². The third kappa shape index (κ3) is 6.47. The van der Waals surface area contributed by atoms with E-state index >= 15 is 0 Å². The molecule has 9 heteroatoms. The molecule has 1 saturated heterocycles. The molecule has 0 aromatic heterocycles. The maximum Gasteiger partial charge on any atom is 0.303 e. The molecule has 1 aliphatic rings. The molecule has 0 aliphatic carbocycles. The van der Waals surface area contributed by atoms with Crippen LogP contribution in [0, 0.1) is 0 Å². The molecule has 146 valence electrons. The van der Waals surface area contributed by atoms with Gasteiger partial charge < -0.3 is 24.3 Å². The highest BCUT2D eigenvalue weighted by Gasteiger charge is 2.50. The van der Waals surface area contributed by atoms with Gasteiger partial charge in [-0.3, -0.25) is 19.2 Å². The number of ether oxygens (including phenoxy) is 4. The second kappa shape index (κ2) is 9.91. The van der Waals surface area contributed by atoms with Crippen LogP contribution < -0.4 is 5.32 Å². The van der Waals surface area contributed by atoms with Crippen molar-refractivity contribution in [2.75, 3.05) is 6.61 Å². The van der Waals surface area contributed by atoms with Crippen LogP contribution in [0.1, 0.15) is 34.1 Å². The summed E-state index contributed by atoms with van der Waals surface area (Å²) in [7, 11) is 0. The lowest BCUT2D eigenvalue weighted by Crippen LogP contribution is -2.66. The molecule has 1 N–H and O–H groups in total. The first kappa shape index (κ1) is 21.6. The van der Waals surface area contributed by atoms with Gasteiger partial charge in [0.2, 0.25) is 5.91 Å². The molecule has 1 heterocycles. The van der Waals surface area contributed by atoms with Gasteiger partial charge >= 0.3 is 17.9 Å². The van der Waals surface area contributed by atoms with E-state index in [0.29, 0.717) is 6.42 Å². The van der Waals surface area contributed by atoms with Crippen molar-refractivity contribution in [3.63, 3.8) is 0 Å². The van der Waals surface area contributed by atoms with Crippen molar-refractivity contribution in [3.05, 3.63) is 12.7 Å². The van der Waals surface area contributed by atoms with Crippen molar-refractivity contribution in [3.8, 4) is 0 Å². The normalized spacial score (nSPS) is 27.8. The second-order valence-corrected chi connectivity index (χ2v) is 5.91. The molecule has 5 atom stereocenters. The average Bonchev–Trinajstić information content (AvgIpc) is 2.50. The summed E-state index contributed by atoms with van der Waals surface area (Å²) in [5, 5.41) is 2.67. The fourth-order valence-corrected chi connectivity index (χ4v) is 2.79. The van der Waals surface area contributed by atoms with E-state index in [-0.39, 0.29) is 12.5 Å². The lowest BCUT2D eigenvalue weighted by molar-refractivity contribution is -0.223. The molecule has 0 bridgehead atoms. The Morgan fingerprint density at radius 1 is 0.962 bits per heavy atom. The SMILES string of the molecule is C=CC[C@H]1OC(COC(C)=O)[C@H](OC(C)=O)[C@H](OC(C)=O)C1NC(C)=O. The molecule has 1 rings (SSSR count). The lowest BCUT2D eigenvalue weighted by Gasteiger charge is -2.45. The van der Waals surface area contributed by atoms with Crippen molar-refractivity contribution in [2.45, 2.75) is 64.6 Å². The number of carbonyl (C=O) groups excluding carboxylic acids is 4. The van der Waals surface area contributed by atoms with Crippen LogP contribution in [0.25, 0.3) is 0 Å². The van der Waals surface area contributed by atoms with Gasteiger partial charge in [-0.15, -0.1) is 6.58 Å². The molecule has 0 spiro atoms. The average molecular weight is 371 g/mol. The van der Waals surface area contributed by atoms with Gasteiger partial charge in [-0.1, -0.05) is 6.08 Å². The summed E-state index contributed by atoms with van der Waals surface area (Å²) in [6.07, 6.45) is -1.66. The highest BCUT2D eigenvalue weighted by atomic mass is 16.6. The van der Waals surface area contributed by atoms with Crippen LogP contribution in [0.2, 0.25) is 0 Å². The van der Waals surface area contributed by atoms with Crippen molar-refractivity contribution < 1.29 is 38.1 Å². The zero-order valence-electron chi connectivity index (χ0n) is 15.4. The largest absolute Gasteiger partial charge is 0.463 e. The van der Waals surface area contributed by atoms with Gasteiger partial charge in [0, 0.05) is 27.7 Å². The standard InChI is InChI=1S/C17H25NO8/c1-6-7-13-15(18-9(2)19)17(25-12(5)22)16(24-11(4)21)14(26-13)8-23-10(3)20/h6,13-17H,1,7-8H2,2-5H3,(H,18,19)/t13-,14?,15?,16+,17-/m1/s1. The van der Waals surface area contributed by atoms with Crippen LogP contribution in [0.4, 0.5) is 0 Å². The van der Waals surface area contributed by atoms with E-state index in [4.69, 9.17) is 18.9 Å². The van der Waals surface area contributed by atoms with E-state index in [0.717, 1.165) is 0 Å². The van der Waals surface area contributed by atoms with E-state index in [9.17, 15) is 19.2 Å². The van der Waals surface area contributed by atoms with E-state index in [1.165, 1.54) is 27.7 Å². The number of rotatable bonds is 7. The van der Waals surface area contributed by atoms with Gasteiger partial charge in [0.1, 0.15) is 12.7 Å². The summed E-state index contributed by atoms with van der Waals surface area (Å²) in [4.78, 5) is 45.9. The van der Waals surface area contributed by atoms with Gasteiger partial charge in [-0.25, -0.2) is 0 Å². The number of amides is 1. The molecular weight excluding hydrogens is 346 g/mol.